The Kier molecular flexibility index (Phi) is 4.40. The molecule has 0 fully saturated rings. The van der Waals surface area contributed by atoms with Gasteiger partial charge in [-0.1, -0.05) is 11.8 Å². The second-order valence-electron chi connectivity index (χ2n) is 3.99. The van der Waals surface area contributed by atoms with E-state index >= 15 is 0 Å². The van der Waals surface area contributed by atoms with Crippen molar-refractivity contribution in [1.82, 2.24) is 19.5 Å². The van der Waals surface area contributed by atoms with Crippen LogP contribution in [0.3, 0.4) is 0 Å². The molecule has 0 aliphatic heterocycles. The smallest absolute Gasteiger partial charge is 0.351 e. The highest BCUT2D eigenvalue weighted by molar-refractivity contribution is 7.51. The number of imidazole rings is 1. The minimum Gasteiger partial charge on any atom is -0.369 e. The zero-order valence-corrected chi connectivity index (χ0v) is 11.6. The number of ether oxygens (including phenoxy) is 1. The molecule has 0 saturated carbocycles. The van der Waals surface area contributed by atoms with Crippen molar-refractivity contribution in [2.45, 2.75) is 6.54 Å². The normalized spacial score (nSPS) is 11.3. The molecule has 0 saturated heterocycles. The Morgan fingerprint density at radius 2 is 2.24 bits per heavy atom. The third-order valence-corrected chi connectivity index (χ3v) is 2.82. The van der Waals surface area contributed by atoms with E-state index in [1.807, 2.05) is 0 Å². The van der Waals surface area contributed by atoms with Crippen LogP contribution in [0, 0.1) is 11.8 Å². The molecule has 21 heavy (non-hydrogen) atoms. The van der Waals surface area contributed by atoms with Crippen LogP contribution in [0.2, 0.25) is 0 Å². The Morgan fingerprint density at radius 1 is 1.48 bits per heavy atom. The lowest BCUT2D eigenvalue weighted by Gasteiger charge is -2.01. The Labute approximate surface area is 118 Å². The third-order valence-electron chi connectivity index (χ3n) is 2.30. The molecule has 0 aliphatic carbocycles. The van der Waals surface area contributed by atoms with Gasteiger partial charge in [-0.15, -0.1) is 0 Å². The average Bonchev–Trinajstić information content (AvgIpc) is 2.75. The second kappa shape index (κ2) is 6.07. The van der Waals surface area contributed by atoms with Crippen LogP contribution >= 0.6 is 7.60 Å². The van der Waals surface area contributed by atoms with Gasteiger partial charge in [-0.3, -0.25) is 14.3 Å². The monoisotopic (exact) mass is 313 g/mol. The molecule has 2 aromatic rings. The zero-order valence-electron chi connectivity index (χ0n) is 10.7. The van der Waals surface area contributed by atoms with Crippen molar-refractivity contribution in [3.63, 3.8) is 0 Å². The van der Waals surface area contributed by atoms with Gasteiger partial charge in [0.15, 0.2) is 11.2 Å². The second-order valence-corrected chi connectivity index (χ2v) is 5.58. The van der Waals surface area contributed by atoms with Crippen molar-refractivity contribution in [2.24, 2.45) is 0 Å². The van der Waals surface area contributed by atoms with Crippen molar-refractivity contribution in [3.05, 3.63) is 16.7 Å². The first-order valence-electron chi connectivity index (χ1n) is 5.65. The molecule has 0 amide bonds. The number of nitrogen functional groups attached to an aromatic ring is 1. The van der Waals surface area contributed by atoms with Gasteiger partial charge in [0.2, 0.25) is 5.95 Å². The number of nitrogens with two attached hydrogens (primary N) is 1. The zero-order chi connectivity index (χ0) is 15.5. The van der Waals surface area contributed by atoms with Crippen molar-refractivity contribution >= 4 is 24.7 Å². The number of aromatic amines is 1. The lowest BCUT2D eigenvalue weighted by molar-refractivity contribution is 0.189. The van der Waals surface area contributed by atoms with E-state index in [2.05, 4.69) is 26.8 Å². The quantitative estimate of drug-likeness (QED) is 0.313. The summed E-state index contributed by atoms with van der Waals surface area (Å²) >= 11 is 0. The first-order chi connectivity index (χ1) is 9.87. The van der Waals surface area contributed by atoms with Crippen LogP contribution in [0.4, 0.5) is 5.95 Å². The standard InChI is InChI=1S/C10H12N5O5P/c11-10-13-8-7(9(16)14-10)12-5-15(8)3-1-2-4-20-6-21(17,18)19/h5H,3-4,6H2,(H2,17,18,19)(H3,11,13,14,16). The fourth-order valence-corrected chi connectivity index (χ4v) is 1.82. The molecule has 112 valence electrons. The Morgan fingerprint density at radius 3 is 2.95 bits per heavy atom. The maximum absolute atomic E-state index is 11.5. The highest BCUT2D eigenvalue weighted by atomic mass is 31.2. The molecular weight excluding hydrogens is 301 g/mol. The molecule has 0 bridgehead atoms. The molecule has 0 radical (unpaired) electrons. The number of aromatic nitrogens is 4. The van der Waals surface area contributed by atoms with Crippen LogP contribution < -0.4 is 11.3 Å². The van der Waals surface area contributed by atoms with Crippen molar-refractivity contribution in [3.8, 4) is 11.8 Å². The van der Waals surface area contributed by atoms with Crippen LogP contribution in [0.25, 0.3) is 11.2 Å². The minimum atomic E-state index is -4.17. The minimum absolute atomic E-state index is 0.0211. The predicted molar refractivity (Wildman–Crippen MR) is 73.2 cm³/mol. The number of hydrogen-bond acceptors (Lipinski definition) is 6. The first-order valence-corrected chi connectivity index (χ1v) is 7.45. The Bertz CT molecular complexity index is 811. The predicted octanol–water partition coefficient (Wildman–Crippen LogP) is -1.14. The number of hydrogen-bond donors (Lipinski definition) is 4. The molecule has 0 aromatic carbocycles. The summed E-state index contributed by atoms with van der Waals surface area (Å²) in [5, 5.41) is 0. The summed E-state index contributed by atoms with van der Waals surface area (Å²) in [4.78, 5) is 38.9. The highest BCUT2D eigenvalue weighted by Gasteiger charge is 2.11. The van der Waals surface area contributed by atoms with Gasteiger partial charge in [-0.05, 0) is 0 Å². The number of anilines is 1. The number of fused-ring (bicyclic) bond motifs is 1. The number of nitrogens with one attached hydrogen (secondary N) is 1. The van der Waals surface area contributed by atoms with E-state index in [1.54, 1.807) is 0 Å². The number of rotatable bonds is 4. The molecule has 5 N–H and O–H groups in total. The highest BCUT2D eigenvalue weighted by Crippen LogP contribution is 2.33. The molecule has 2 rings (SSSR count). The molecule has 2 aromatic heterocycles. The summed E-state index contributed by atoms with van der Waals surface area (Å²) in [6, 6.07) is 0. The van der Waals surface area contributed by atoms with Crippen LogP contribution in [0.5, 0.6) is 0 Å². The fraction of sp³-hybridized carbons (Fsp3) is 0.300. The average molecular weight is 313 g/mol. The largest absolute Gasteiger partial charge is 0.369 e. The van der Waals surface area contributed by atoms with Gasteiger partial charge in [0.05, 0.1) is 12.9 Å². The maximum Gasteiger partial charge on any atom is 0.351 e. The molecule has 11 heteroatoms. The lowest BCUT2D eigenvalue weighted by atomic mass is 10.5. The molecular formula is C10H12N5O5P. The van der Waals surface area contributed by atoms with Gasteiger partial charge < -0.3 is 24.8 Å². The lowest BCUT2D eigenvalue weighted by Crippen LogP contribution is -2.12. The van der Waals surface area contributed by atoms with Crippen LogP contribution in [-0.4, -0.2) is 42.3 Å². The molecule has 0 aliphatic rings. The van der Waals surface area contributed by atoms with Gasteiger partial charge in [-0.2, -0.15) is 4.98 Å². The van der Waals surface area contributed by atoms with Gasteiger partial charge in [0, 0.05) is 0 Å². The van der Waals surface area contributed by atoms with Crippen LogP contribution in [-0.2, 0) is 15.8 Å². The van der Waals surface area contributed by atoms with E-state index in [1.165, 1.54) is 10.9 Å². The Hall–Kier alpha value is -2.18. The van der Waals surface area contributed by atoms with Crippen molar-refractivity contribution in [2.75, 3.05) is 18.7 Å². The number of nitrogens with zero attached hydrogens (tertiary/aromatic N) is 3. The Balaban J connectivity index is 2.02. The molecule has 0 spiro atoms. The van der Waals surface area contributed by atoms with Crippen molar-refractivity contribution in [1.29, 1.82) is 0 Å². The number of H-pyrrole nitrogens is 1. The summed E-state index contributed by atoms with van der Waals surface area (Å²) in [6.07, 6.45) is 0.723. The SMILES string of the molecule is Nc1nc2c(ncn2CC#CCOCP(=O)(O)O)c(=O)[nH]1. The molecule has 0 unspecified atom stereocenters. The molecule has 0 atom stereocenters. The summed E-state index contributed by atoms with van der Waals surface area (Å²) in [5.74, 6) is 5.27. The summed E-state index contributed by atoms with van der Waals surface area (Å²) in [7, 11) is -4.17. The summed E-state index contributed by atoms with van der Waals surface area (Å²) < 4.78 is 16.7. The van der Waals surface area contributed by atoms with Gasteiger partial charge in [-0.25, -0.2) is 4.98 Å². The van der Waals surface area contributed by atoms with Crippen molar-refractivity contribution < 1.29 is 19.1 Å². The van der Waals surface area contributed by atoms with E-state index in [-0.39, 0.29) is 24.6 Å². The summed E-state index contributed by atoms with van der Waals surface area (Å²) in [5.41, 5.74) is 5.48. The first kappa shape index (κ1) is 15.2. The van der Waals surface area contributed by atoms with Gasteiger partial charge in [0.25, 0.3) is 5.56 Å². The van der Waals surface area contributed by atoms with Gasteiger partial charge in [0.1, 0.15) is 13.0 Å². The molecule has 10 nitrogen and oxygen atoms in total. The molecule has 2 heterocycles. The van der Waals surface area contributed by atoms with Gasteiger partial charge >= 0.3 is 7.60 Å². The van der Waals surface area contributed by atoms with E-state index in [0.29, 0.717) is 5.65 Å². The third kappa shape index (κ3) is 4.14. The summed E-state index contributed by atoms with van der Waals surface area (Å²) in [6.45, 7) is 0.0690. The van der Waals surface area contributed by atoms with E-state index in [9.17, 15) is 9.36 Å². The van der Waals surface area contributed by atoms with E-state index in [4.69, 9.17) is 20.3 Å². The van der Waals surface area contributed by atoms with Crippen LogP contribution in [0.1, 0.15) is 0 Å². The van der Waals surface area contributed by atoms with E-state index < -0.39 is 19.5 Å². The fourth-order valence-electron chi connectivity index (χ4n) is 1.49. The van der Waals surface area contributed by atoms with Crippen LogP contribution in [0.15, 0.2) is 11.1 Å². The van der Waals surface area contributed by atoms with E-state index in [0.717, 1.165) is 0 Å². The topological polar surface area (TPSA) is 156 Å². The maximum atomic E-state index is 11.5.